The lowest BCUT2D eigenvalue weighted by atomic mass is 10.1. The van der Waals surface area contributed by atoms with Crippen molar-refractivity contribution in [3.05, 3.63) is 112 Å². The largest absolute Gasteiger partial charge is 0.505 e. The number of benzene rings is 2. The lowest BCUT2D eigenvalue weighted by Crippen LogP contribution is -2.18. The molecule has 0 atom stereocenters. The SMILES string of the molecule is O=c1c(Cc2ccc(C(F)(F)F)o2)nc2c(Cc3ccccc3)[nH]c(-c3cccc(O)c3F)cn1-2. The summed E-state index contributed by atoms with van der Waals surface area (Å²) in [4.78, 5) is 20.6. The Morgan fingerprint density at radius 2 is 1.77 bits per heavy atom. The number of imidazole rings is 1. The third-order valence-corrected chi connectivity index (χ3v) is 5.52. The zero-order valence-electron chi connectivity index (χ0n) is 17.9. The molecule has 2 aliphatic heterocycles. The van der Waals surface area contributed by atoms with E-state index in [0.717, 1.165) is 17.7 Å². The molecule has 5 rings (SSSR count). The van der Waals surface area contributed by atoms with Gasteiger partial charge >= 0.3 is 6.18 Å². The fourth-order valence-corrected chi connectivity index (χ4v) is 3.87. The zero-order chi connectivity index (χ0) is 24.7. The molecule has 0 radical (unpaired) electrons. The number of aromatic hydroxyl groups is 1. The standard InChI is InChI=1S/C25H17F4N3O3/c26-22-16(7-4-8-20(22)33)19-13-32-23(17(30-19)11-14-5-2-1-3-6-14)31-18(24(32)34)12-15-9-10-21(35-15)25(27,28)29/h1-10,13,30,33H,11-12H2. The number of nitrogens with one attached hydrogen (secondary N) is 1. The van der Waals surface area contributed by atoms with Crippen molar-refractivity contribution < 1.29 is 27.1 Å². The highest BCUT2D eigenvalue weighted by Crippen LogP contribution is 2.32. The van der Waals surface area contributed by atoms with Gasteiger partial charge < -0.3 is 14.5 Å². The van der Waals surface area contributed by atoms with Gasteiger partial charge in [0.1, 0.15) is 11.5 Å². The van der Waals surface area contributed by atoms with Gasteiger partial charge in [-0.15, -0.1) is 0 Å². The summed E-state index contributed by atoms with van der Waals surface area (Å²) in [6, 6.07) is 15.3. The number of halogens is 4. The molecule has 1 aromatic heterocycles. The Bertz CT molecular complexity index is 1530. The van der Waals surface area contributed by atoms with Gasteiger partial charge in [0.15, 0.2) is 17.4 Å². The number of fused-ring (bicyclic) bond motifs is 1. The highest BCUT2D eigenvalue weighted by Gasteiger charge is 2.35. The molecular weight excluding hydrogens is 466 g/mol. The molecule has 0 unspecified atom stereocenters. The predicted molar refractivity (Wildman–Crippen MR) is 118 cm³/mol. The van der Waals surface area contributed by atoms with Crippen molar-refractivity contribution in [1.82, 2.24) is 14.5 Å². The molecule has 2 aliphatic rings. The smallest absolute Gasteiger partial charge is 0.449 e. The molecule has 10 heteroatoms. The molecule has 0 amide bonds. The van der Waals surface area contributed by atoms with E-state index in [1.165, 1.54) is 29.0 Å². The molecule has 6 nitrogen and oxygen atoms in total. The van der Waals surface area contributed by atoms with Crippen LogP contribution in [0.15, 0.2) is 76.1 Å². The van der Waals surface area contributed by atoms with Gasteiger partial charge in [0.25, 0.3) is 5.56 Å². The molecule has 0 spiro atoms. The average molecular weight is 483 g/mol. The minimum absolute atomic E-state index is 0.0238. The van der Waals surface area contributed by atoms with Crippen molar-refractivity contribution in [2.75, 3.05) is 0 Å². The Labute approximate surface area is 195 Å². The van der Waals surface area contributed by atoms with Gasteiger partial charge in [-0.25, -0.2) is 9.37 Å². The topological polar surface area (TPSA) is 84.1 Å². The van der Waals surface area contributed by atoms with E-state index >= 15 is 0 Å². The van der Waals surface area contributed by atoms with Gasteiger partial charge in [0.05, 0.1) is 17.8 Å². The normalized spacial score (nSPS) is 11.9. The van der Waals surface area contributed by atoms with Crippen LogP contribution in [0.25, 0.3) is 17.1 Å². The molecule has 3 aromatic rings. The van der Waals surface area contributed by atoms with Crippen LogP contribution >= 0.6 is 0 Å². The number of furan rings is 1. The number of phenols is 1. The van der Waals surface area contributed by atoms with Gasteiger partial charge in [0.2, 0.25) is 5.76 Å². The molecule has 0 aliphatic carbocycles. The van der Waals surface area contributed by atoms with Crippen LogP contribution in [0.2, 0.25) is 0 Å². The zero-order valence-corrected chi connectivity index (χ0v) is 17.9. The second kappa shape index (κ2) is 8.46. The monoisotopic (exact) mass is 483 g/mol. The Kier molecular flexibility index (Phi) is 5.43. The van der Waals surface area contributed by atoms with E-state index in [4.69, 9.17) is 4.42 Å². The summed E-state index contributed by atoms with van der Waals surface area (Å²) in [5, 5.41) is 9.80. The summed E-state index contributed by atoms with van der Waals surface area (Å²) in [6.45, 7) is 0. The van der Waals surface area contributed by atoms with E-state index < -0.39 is 29.1 Å². The van der Waals surface area contributed by atoms with Crippen molar-refractivity contribution in [3.8, 4) is 22.8 Å². The number of alkyl halides is 3. The van der Waals surface area contributed by atoms with Gasteiger partial charge in [0, 0.05) is 18.2 Å². The van der Waals surface area contributed by atoms with Crippen LogP contribution in [-0.4, -0.2) is 19.6 Å². The molecular formula is C25H17F4N3O3. The number of H-pyrrole nitrogens is 1. The van der Waals surface area contributed by atoms with Crippen LogP contribution in [0.5, 0.6) is 5.75 Å². The summed E-state index contributed by atoms with van der Waals surface area (Å²) in [6.07, 6.45) is -3.23. The molecule has 35 heavy (non-hydrogen) atoms. The first kappa shape index (κ1) is 22.5. The van der Waals surface area contributed by atoms with Crippen molar-refractivity contribution in [2.45, 2.75) is 19.0 Å². The first-order chi connectivity index (χ1) is 16.7. The second-order valence-electron chi connectivity index (χ2n) is 7.95. The molecule has 178 valence electrons. The third kappa shape index (κ3) is 4.30. The van der Waals surface area contributed by atoms with Gasteiger partial charge in [-0.05, 0) is 29.8 Å². The first-order valence-corrected chi connectivity index (χ1v) is 10.5. The number of nitrogens with zero attached hydrogens (tertiary/aromatic N) is 2. The van der Waals surface area contributed by atoms with E-state index in [1.54, 1.807) is 0 Å². The second-order valence-corrected chi connectivity index (χ2v) is 7.95. The summed E-state index contributed by atoms with van der Waals surface area (Å²) >= 11 is 0. The fourth-order valence-electron chi connectivity index (χ4n) is 3.87. The molecule has 2 N–H and O–H groups in total. The maximum Gasteiger partial charge on any atom is 0.449 e. The maximum absolute atomic E-state index is 14.7. The summed E-state index contributed by atoms with van der Waals surface area (Å²) < 4.78 is 59.4. The Balaban J connectivity index is 1.64. The van der Waals surface area contributed by atoms with Crippen molar-refractivity contribution in [3.63, 3.8) is 0 Å². The van der Waals surface area contributed by atoms with E-state index in [-0.39, 0.29) is 35.0 Å². The maximum atomic E-state index is 14.7. The van der Waals surface area contributed by atoms with E-state index in [0.29, 0.717) is 12.1 Å². The minimum atomic E-state index is -4.64. The predicted octanol–water partition coefficient (Wildman–Crippen LogP) is 5.30. The highest BCUT2D eigenvalue weighted by molar-refractivity contribution is 5.63. The van der Waals surface area contributed by atoms with Crippen LogP contribution in [0.3, 0.4) is 0 Å². The van der Waals surface area contributed by atoms with Crippen LogP contribution in [-0.2, 0) is 19.0 Å². The van der Waals surface area contributed by atoms with E-state index in [9.17, 15) is 27.5 Å². The summed E-state index contributed by atoms with van der Waals surface area (Å²) in [5.74, 6) is -2.39. The van der Waals surface area contributed by atoms with Gasteiger partial charge in [-0.1, -0.05) is 36.4 Å². The van der Waals surface area contributed by atoms with Crippen molar-refractivity contribution >= 4 is 0 Å². The fraction of sp³-hybridized carbons (Fsp3) is 0.120. The van der Waals surface area contributed by atoms with E-state index in [2.05, 4.69) is 9.97 Å². The number of aromatic nitrogens is 3. The Morgan fingerprint density at radius 1 is 1.00 bits per heavy atom. The Morgan fingerprint density at radius 3 is 2.49 bits per heavy atom. The van der Waals surface area contributed by atoms with Gasteiger partial charge in [-0.3, -0.25) is 9.36 Å². The number of hydrogen-bond donors (Lipinski definition) is 2. The number of hydrogen-bond acceptors (Lipinski definition) is 4. The van der Waals surface area contributed by atoms with Crippen LogP contribution < -0.4 is 5.56 Å². The molecule has 0 fully saturated rings. The van der Waals surface area contributed by atoms with Crippen LogP contribution in [0.4, 0.5) is 17.6 Å². The van der Waals surface area contributed by atoms with Crippen LogP contribution in [0, 0.1) is 5.82 Å². The number of aromatic amines is 1. The lowest BCUT2D eigenvalue weighted by molar-refractivity contribution is -0.153. The summed E-state index contributed by atoms with van der Waals surface area (Å²) in [7, 11) is 0. The number of rotatable bonds is 5. The van der Waals surface area contributed by atoms with Crippen molar-refractivity contribution in [1.29, 1.82) is 0 Å². The van der Waals surface area contributed by atoms with Gasteiger partial charge in [-0.2, -0.15) is 13.2 Å². The third-order valence-electron chi connectivity index (χ3n) is 5.52. The molecule has 2 aromatic carbocycles. The van der Waals surface area contributed by atoms with Crippen molar-refractivity contribution in [2.24, 2.45) is 0 Å². The molecule has 0 bridgehead atoms. The average Bonchev–Trinajstić information content (AvgIpc) is 3.42. The number of phenolic OH excluding ortho intramolecular Hbond substituents is 1. The molecule has 0 saturated carbocycles. The van der Waals surface area contributed by atoms with E-state index in [1.807, 2.05) is 30.3 Å². The minimum Gasteiger partial charge on any atom is -0.505 e. The summed E-state index contributed by atoms with van der Waals surface area (Å²) in [5.41, 5.74) is 1.03. The quantitative estimate of drug-likeness (QED) is 0.332. The first-order valence-electron chi connectivity index (χ1n) is 10.5. The molecule has 0 saturated heterocycles. The highest BCUT2D eigenvalue weighted by atomic mass is 19.4. The Hall–Kier alpha value is -4.34. The lowest BCUT2D eigenvalue weighted by Gasteiger charge is -2.14. The molecule has 3 heterocycles. The van der Waals surface area contributed by atoms with Crippen LogP contribution in [0.1, 0.15) is 28.5 Å².